The number of anilines is 1. The third-order valence-corrected chi connectivity index (χ3v) is 3.84. The fraction of sp³-hybridized carbons (Fsp3) is 0.474. The summed E-state index contributed by atoms with van der Waals surface area (Å²) in [5, 5.41) is 2.31. The van der Waals surface area contributed by atoms with E-state index in [1.165, 1.54) is 31.5 Å². The predicted octanol–water partition coefficient (Wildman–Crippen LogP) is 3.80. The summed E-state index contributed by atoms with van der Waals surface area (Å²) in [6.07, 6.45) is -1.56. The van der Waals surface area contributed by atoms with Gasteiger partial charge >= 0.3 is 6.09 Å². The molecule has 10 heteroatoms. The molecule has 0 aliphatic carbocycles. The molecule has 2 heterocycles. The predicted molar refractivity (Wildman–Crippen MR) is 104 cm³/mol. The summed E-state index contributed by atoms with van der Waals surface area (Å²) in [4.78, 5) is 23.2. The van der Waals surface area contributed by atoms with E-state index in [0.717, 1.165) is 0 Å². The molecule has 0 aliphatic heterocycles. The minimum atomic E-state index is -2.85. The van der Waals surface area contributed by atoms with Crippen LogP contribution in [0.25, 0.3) is 11.4 Å². The number of alkyl halides is 2. The summed E-state index contributed by atoms with van der Waals surface area (Å²) in [7, 11) is 1.20. The molecule has 0 bridgehead atoms. The second-order valence-electron chi connectivity index (χ2n) is 7.30. The van der Waals surface area contributed by atoms with Crippen molar-refractivity contribution < 1.29 is 23.0 Å². The van der Waals surface area contributed by atoms with E-state index in [-0.39, 0.29) is 29.7 Å². The summed E-state index contributed by atoms with van der Waals surface area (Å²) in [5.41, 5.74) is 5.45. The van der Waals surface area contributed by atoms with Crippen molar-refractivity contribution in [1.82, 2.24) is 15.0 Å². The molecule has 8 nitrogen and oxygen atoms in total. The summed E-state index contributed by atoms with van der Waals surface area (Å²) < 4.78 is 37.2. The summed E-state index contributed by atoms with van der Waals surface area (Å²) in [6, 6.07) is 4.40. The molecule has 158 valence electrons. The maximum Gasteiger partial charge on any atom is 0.413 e. The van der Waals surface area contributed by atoms with Gasteiger partial charge in [-0.15, -0.1) is 0 Å². The number of nitrogens with two attached hydrogens (primary N) is 1. The molecule has 0 saturated heterocycles. The highest BCUT2D eigenvalue weighted by atomic mass is 19.3. The van der Waals surface area contributed by atoms with E-state index in [2.05, 4.69) is 25.0 Å². The van der Waals surface area contributed by atoms with E-state index in [9.17, 15) is 13.6 Å². The second-order valence-corrected chi connectivity index (χ2v) is 7.30. The average molecular weight is 409 g/mol. The highest BCUT2D eigenvalue weighted by Gasteiger charge is 2.24. The van der Waals surface area contributed by atoms with Gasteiger partial charge in [-0.1, -0.05) is 13.8 Å². The zero-order valence-corrected chi connectivity index (χ0v) is 16.8. The van der Waals surface area contributed by atoms with Crippen LogP contribution in [0.2, 0.25) is 0 Å². The average Bonchev–Trinajstić information content (AvgIpc) is 2.65. The van der Waals surface area contributed by atoms with Gasteiger partial charge in [0.2, 0.25) is 5.95 Å². The smallest absolute Gasteiger partial charge is 0.413 e. The van der Waals surface area contributed by atoms with Gasteiger partial charge in [0.15, 0.2) is 0 Å². The van der Waals surface area contributed by atoms with Gasteiger partial charge in [0.05, 0.1) is 18.5 Å². The zero-order chi connectivity index (χ0) is 21.6. The molecule has 0 aromatic carbocycles. The Morgan fingerprint density at radius 3 is 2.55 bits per heavy atom. The van der Waals surface area contributed by atoms with Gasteiger partial charge in [0.1, 0.15) is 18.1 Å². The number of amides is 1. The number of rotatable bonds is 8. The molecule has 29 heavy (non-hydrogen) atoms. The number of ether oxygens (including phenoxy) is 2. The SMILES string of the molecule is COC(=O)Nc1nccc(-c2ccc(OCC(C)(N)CC(C)C)c(C(F)F)n2)n1. The van der Waals surface area contributed by atoms with E-state index in [4.69, 9.17) is 10.5 Å². The van der Waals surface area contributed by atoms with Crippen LogP contribution in [0, 0.1) is 5.92 Å². The van der Waals surface area contributed by atoms with Crippen molar-refractivity contribution >= 4 is 12.0 Å². The van der Waals surface area contributed by atoms with Crippen molar-refractivity contribution in [2.75, 3.05) is 19.0 Å². The first-order chi connectivity index (χ1) is 13.6. The Labute approximate surface area is 167 Å². The van der Waals surface area contributed by atoms with Crippen LogP contribution in [0.1, 0.15) is 39.3 Å². The molecule has 2 aromatic heterocycles. The van der Waals surface area contributed by atoms with E-state index in [0.29, 0.717) is 12.3 Å². The maximum absolute atomic E-state index is 13.6. The van der Waals surface area contributed by atoms with Crippen LogP contribution in [0.5, 0.6) is 5.75 Å². The molecular formula is C19H25F2N5O3. The van der Waals surface area contributed by atoms with Crippen LogP contribution >= 0.6 is 0 Å². The molecule has 0 radical (unpaired) electrons. The monoisotopic (exact) mass is 409 g/mol. The van der Waals surface area contributed by atoms with Crippen LogP contribution in [-0.4, -0.2) is 40.3 Å². The lowest BCUT2D eigenvalue weighted by Crippen LogP contribution is -2.43. The number of nitrogens with one attached hydrogen (secondary N) is 1. The van der Waals surface area contributed by atoms with Crippen molar-refractivity contribution in [3.63, 3.8) is 0 Å². The number of methoxy groups -OCH3 is 1. The molecule has 2 aromatic rings. The molecule has 0 aliphatic rings. The lowest BCUT2D eigenvalue weighted by atomic mass is 9.93. The zero-order valence-electron chi connectivity index (χ0n) is 16.8. The number of carbonyl (C=O) groups excluding carboxylic acids is 1. The minimum Gasteiger partial charge on any atom is -0.490 e. The summed E-state index contributed by atoms with van der Waals surface area (Å²) in [5.74, 6) is 0.267. The number of carbonyl (C=O) groups is 1. The molecule has 0 fully saturated rings. The van der Waals surface area contributed by atoms with Crippen LogP contribution in [0.4, 0.5) is 19.5 Å². The third-order valence-electron chi connectivity index (χ3n) is 3.84. The Hall–Kier alpha value is -2.88. The first kappa shape index (κ1) is 22.4. The second kappa shape index (κ2) is 9.55. The first-order valence-corrected chi connectivity index (χ1v) is 9.00. The van der Waals surface area contributed by atoms with Crippen LogP contribution < -0.4 is 15.8 Å². The quantitative estimate of drug-likeness (QED) is 0.682. The van der Waals surface area contributed by atoms with Gasteiger partial charge < -0.3 is 15.2 Å². The van der Waals surface area contributed by atoms with Gasteiger partial charge in [0, 0.05) is 11.7 Å². The lowest BCUT2D eigenvalue weighted by Gasteiger charge is -2.27. The number of halogens is 2. The van der Waals surface area contributed by atoms with Crippen molar-refractivity contribution in [1.29, 1.82) is 0 Å². The highest BCUT2D eigenvalue weighted by Crippen LogP contribution is 2.30. The molecule has 3 N–H and O–H groups in total. The minimum absolute atomic E-state index is 0.0360. The summed E-state index contributed by atoms with van der Waals surface area (Å²) >= 11 is 0. The molecule has 0 spiro atoms. The lowest BCUT2D eigenvalue weighted by molar-refractivity contribution is 0.134. The Balaban J connectivity index is 2.26. The number of pyridine rings is 1. The van der Waals surface area contributed by atoms with Crippen molar-refractivity contribution in [3.05, 3.63) is 30.1 Å². The van der Waals surface area contributed by atoms with Gasteiger partial charge in [-0.25, -0.2) is 28.5 Å². The Morgan fingerprint density at radius 2 is 1.93 bits per heavy atom. The molecule has 2 rings (SSSR count). The standard InChI is InChI=1S/C19H25F2N5O3/c1-11(2)9-19(3,22)10-29-14-6-5-12(24-15(14)16(20)21)13-7-8-23-17(25-13)26-18(27)28-4/h5-8,11,16H,9-10,22H2,1-4H3,(H,23,25,26,27). The largest absolute Gasteiger partial charge is 0.490 e. The van der Waals surface area contributed by atoms with E-state index < -0.39 is 23.8 Å². The number of nitrogens with zero attached hydrogens (tertiary/aromatic N) is 3. The Kier molecular flexibility index (Phi) is 7.38. The van der Waals surface area contributed by atoms with E-state index >= 15 is 0 Å². The van der Waals surface area contributed by atoms with Gasteiger partial charge in [-0.3, -0.25) is 5.32 Å². The summed E-state index contributed by atoms with van der Waals surface area (Å²) in [6.45, 7) is 5.94. The van der Waals surface area contributed by atoms with Crippen molar-refractivity contribution in [3.8, 4) is 17.1 Å². The molecule has 1 atom stereocenters. The van der Waals surface area contributed by atoms with E-state index in [1.54, 1.807) is 0 Å². The number of hydrogen-bond donors (Lipinski definition) is 2. The molecular weight excluding hydrogens is 384 g/mol. The van der Waals surface area contributed by atoms with E-state index in [1.807, 2.05) is 20.8 Å². The van der Waals surface area contributed by atoms with Gasteiger partial charge in [-0.2, -0.15) is 0 Å². The Bertz CT molecular complexity index is 846. The first-order valence-electron chi connectivity index (χ1n) is 9.00. The van der Waals surface area contributed by atoms with Gasteiger partial charge in [-0.05, 0) is 37.5 Å². The van der Waals surface area contributed by atoms with Crippen molar-refractivity contribution in [2.24, 2.45) is 11.7 Å². The van der Waals surface area contributed by atoms with Crippen molar-refractivity contribution in [2.45, 2.75) is 39.2 Å². The van der Waals surface area contributed by atoms with Crippen LogP contribution in [0.3, 0.4) is 0 Å². The maximum atomic E-state index is 13.6. The topological polar surface area (TPSA) is 112 Å². The Morgan fingerprint density at radius 1 is 1.24 bits per heavy atom. The molecule has 1 amide bonds. The van der Waals surface area contributed by atoms with Crippen LogP contribution in [0.15, 0.2) is 24.4 Å². The number of aromatic nitrogens is 3. The number of hydrogen-bond acceptors (Lipinski definition) is 7. The normalized spacial score (nSPS) is 13.3. The highest BCUT2D eigenvalue weighted by molar-refractivity contribution is 5.82. The fourth-order valence-corrected chi connectivity index (χ4v) is 2.82. The fourth-order valence-electron chi connectivity index (χ4n) is 2.82. The molecule has 0 saturated carbocycles. The van der Waals surface area contributed by atoms with Crippen LogP contribution in [-0.2, 0) is 4.74 Å². The third kappa shape index (κ3) is 6.60. The molecule has 1 unspecified atom stereocenters. The van der Waals surface area contributed by atoms with Gasteiger partial charge in [0.25, 0.3) is 6.43 Å².